The highest BCUT2D eigenvalue weighted by Gasteiger charge is 2.17. The maximum absolute atomic E-state index is 11.2. The third-order valence-electron chi connectivity index (χ3n) is 2.56. The van der Waals surface area contributed by atoms with Gasteiger partial charge in [0.05, 0.1) is 21.7 Å². The second-order valence-corrected chi connectivity index (χ2v) is 5.11. The van der Waals surface area contributed by atoms with Crippen LogP contribution in [0.5, 0.6) is 5.75 Å². The SMILES string of the molecule is Nc1ccc2c(SO)cc(S(=O)O)c(N)c2c1O. The van der Waals surface area contributed by atoms with Crippen molar-refractivity contribution < 1.29 is 18.4 Å². The molecule has 0 bridgehead atoms. The molecule has 0 aliphatic rings. The van der Waals surface area contributed by atoms with Gasteiger partial charge in [0.1, 0.15) is 5.75 Å². The highest BCUT2D eigenvalue weighted by molar-refractivity contribution is 7.94. The third kappa shape index (κ3) is 1.89. The van der Waals surface area contributed by atoms with Crippen molar-refractivity contribution in [2.75, 3.05) is 11.5 Å². The molecule has 1 atom stereocenters. The van der Waals surface area contributed by atoms with Crippen molar-refractivity contribution in [2.45, 2.75) is 9.79 Å². The number of aromatic hydroxyl groups is 1. The van der Waals surface area contributed by atoms with Gasteiger partial charge in [-0.05, 0) is 12.1 Å². The second-order valence-electron chi connectivity index (χ2n) is 3.55. The summed E-state index contributed by atoms with van der Waals surface area (Å²) in [6.07, 6.45) is 0. The van der Waals surface area contributed by atoms with Crippen molar-refractivity contribution >= 4 is 45.3 Å². The largest absolute Gasteiger partial charge is 0.505 e. The molecule has 0 amide bonds. The molecule has 0 aliphatic carbocycles. The van der Waals surface area contributed by atoms with Crippen LogP contribution in [-0.2, 0) is 11.1 Å². The molecule has 8 heteroatoms. The zero-order valence-electron chi connectivity index (χ0n) is 8.95. The second kappa shape index (κ2) is 4.65. The van der Waals surface area contributed by atoms with E-state index in [-0.39, 0.29) is 27.4 Å². The molecule has 0 fully saturated rings. The Balaban J connectivity index is 3.00. The number of anilines is 2. The van der Waals surface area contributed by atoms with E-state index in [1.165, 1.54) is 12.1 Å². The molecule has 0 saturated carbocycles. The maximum Gasteiger partial charge on any atom is 0.188 e. The molecule has 2 aromatic carbocycles. The zero-order valence-corrected chi connectivity index (χ0v) is 10.6. The molecular formula is C10H10N2O4S2. The van der Waals surface area contributed by atoms with Gasteiger partial charge in [-0.3, -0.25) is 0 Å². The molecule has 18 heavy (non-hydrogen) atoms. The molecule has 1 unspecified atom stereocenters. The van der Waals surface area contributed by atoms with Crippen LogP contribution in [0.25, 0.3) is 10.8 Å². The van der Waals surface area contributed by atoms with Crippen LogP contribution in [0.2, 0.25) is 0 Å². The lowest BCUT2D eigenvalue weighted by Gasteiger charge is -2.12. The number of hydrogen-bond donors (Lipinski definition) is 5. The quantitative estimate of drug-likeness (QED) is 0.246. The Morgan fingerprint density at radius 2 is 1.94 bits per heavy atom. The van der Waals surface area contributed by atoms with Gasteiger partial charge in [-0.25, -0.2) is 4.21 Å². The van der Waals surface area contributed by atoms with Crippen LogP contribution in [0.4, 0.5) is 11.4 Å². The van der Waals surface area contributed by atoms with Gasteiger partial charge in [0.15, 0.2) is 11.1 Å². The Bertz CT molecular complexity index is 660. The predicted molar refractivity (Wildman–Crippen MR) is 72.0 cm³/mol. The maximum atomic E-state index is 11.2. The van der Waals surface area contributed by atoms with E-state index >= 15 is 0 Å². The van der Waals surface area contributed by atoms with Gasteiger partial charge < -0.3 is 25.7 Å². The lowest BCUT2D eigenvalue weighted by Crippen LogP contribution is -2.00. The van der Waals surface area contributed by atoms with E-state index in [2.05, 4.69) is 0 Å². The minimum atomic E-state index is -2.32. The summed E-state index contributed by atoms with van der Waals surface area (Å²) < 4.78 is 29.5. The van der Waals surface area contributed by atoms with Crippen LogP contribution in [0.3, 0.4) is 0 Å². The van der Waals surface area contributed by atoms with Gasteiger partial charge in [-0.15, -0.1) is 0 Å². The number of benzene rings is 2. The third-order valence-corrected chi connectivity index (χ3v) is 3.81. The van der Waals surface area contributed by atoms with Crippen molar-refractivity contribution in [3.8, 4) is 5.75 Å². The fourth-order valence-corrected chi connectivity index (χ4v) is 2.73. The van der Waals surface area contributed by atoms with Crippen molar-refractivity contribution in [1.82, 2.24) is 0 Å². The van der Waals surface area contributed by atoms with Crippen molar-refractivity contribution in [3.05, 3.63) is 18.2 Å². The summed E-state index contributed by atoms with van der Waals surface area (Å²) in [5.41, 5.74) is 11.4. The number of rotatable bonds is 2. The molecule has 0 spiro atoms. The first-order chi connectivity index (χ1) is 8.47. The number of nitrogens with two attached hydrogens (primary N) is 2. The van der Waals surface area contributed by atoms with Crippen LogP contribution >= 0.6 is 12.0 Å². The summed E-state index contributed by atoms with van der Waals surface area (Å²) >= 11 is -1.92. The number of nitrogen functional groups attached to an aromatic ring is 2. The molecule has 6 nitrogen and oxygen atoms in total. The van der Waals surface area contributed by atoms with Gasteiger partial charge in [0.25, 0.3) is 0 Å². The first-order valence-electron chi connectivity index (χ1n) is 4.73. The monoisotopic (exact) mass is 286 g/mol. The molecule has 7 N–H and O–H groups in total. The zero-order chi connectivity index (χ0) is 13.4. The van der Waals surface area contributed by atoms with Gasteiger partial charge >= 0.3 is 0 Å². The van der Waals surface area contributed by atoms with E-state index in [0.717, 1.165) is 0 Å². The average Bonchev–Trinajstić information content (AvgIpc) is 2.33. The number of fused-ring (bicyclic) bond motifs is 1. The van der Waals surface area contributed by atoms with E-state index < -0.39 is 11.1 Å². The first-order valence-corrected chi connectivity index (χ1v) is 6.61. The molecule has 0 heterocycles. The number of hydrogen-bond acceptors (Lipinski definition) is 6. The van der Waals surface area contributed by atoms with Crippen LogP contribution in [-0.4, -0.2) is 18.4 Å². The fraction of sp³-hybridized carbons (Fsp3) is 0. The lowest BCUT2D eigenvalue weighted by atomic mass is 10.1. The summed E-state index contributed by atoms with van der Waals surface area (Å²) in [4.78, 5) is 0.229. The van der Waals surface area contributed by atoms with Crippen LogP contribution < -0.4 is 11.5 Å². The molecule has 2 rings (SSSR count). The topological polar surface area (TPSA) is 130 Å². The molecular weight excluding hydrogens is 276 g/mol. The summed E-state index contributed by atoms with van der Waals surface area (Å²) in [6, 6.07) is 4.34. The summed E-state index contributed by atoms with van der Waals surface area (Å²) in [5, 5.41) is 10.5. The van der Waals surface area contributed by atoms with Gasteiger partial charge in [-0.1, -0.05) is 6.07 Å². The standard InChI is InChI=1S/C10H10N2O4S2/c11-5-2-1-4-6(17-14)3-7(18(15)16)9(12)8(4)10(5)13/h1-3,13-14H,11-12H2,(H,15,16). The normalized spacial score (nSPS) is 12.8. The van der Waals surface area contributed by atoms with E-state index in [4.69, 9.17) is 16.0 Å². The van der Waals surface area contributed by atoms with E-state index in [1.807, 2.05) is 0 Å². The van der Waals surface area contributed by atoms with E-state index in [1.54, 1.807) is 6.07 Å². The average molecular weight is 286 g/mol. The van der Waals surface area contributed by atoms with Crippen LogP contribution in [0, 0.1) is 0 Å². The highest BCUT2D eigenvalue weighted by atomic mass is 32.2. The van der Waals surface area contributed by atoms with Crippen LogP contribution in [0.15, 0.2) is 28.0 Å². The Labute approximate surface area is 109 Å². The minimum Gasteiger partial charge on any atom is -0.505 e. The molecule has 0 saturated heterocycles. The number of phenolic OH excluding ortho intramolecular Hbond substituents is 1. The van der Waals surface area contributed by atoms with Gasteiger partial charge in [0.2, 0.25) is 0 Å². The minimum absolute atomic E-state index is 0.0339. The van der Waals surface area contributed by atoms with E-state index in [9.17, 15) is 13.9 Å². The Morgan fingerprint density at radius 3 is 2.50 bits per heavy atom. The molecule has 0 aliphatic heterocycles. The van der Waals surface area contributed by atoms with Gasteiger partial charge in [-0.2, -0.15) is 0 Å². The van der Waals surface area contributed by atoms with Gasteiger partial charge in [0, 0.05) is 22.3 Å². The summed E-state index contributed by atoms with van der Waals surface area (Å²) in [5.74, 6) is -0.271. The molecule has 2 aromatic rings. The van der Waals surface area contributed by atoms with Crippen molar-refractivity contribution in [1.29, 1.82) is 0 Å². The molecule has 0 aromatic heterocycles. The predicted octanol–water partition coefficient (Wildman–Crippen LogP) is 1.86. The van der Waals surface area contributed by atoms with Crippen molar-refractivity contribution in [2.24, 2.45) is 0 Å². The number of phenols is 1. The first kappa shape index (κ1) is 13.0. The molecule has 0 radical (unpaired) electrons. The summed E-state index contributed by atoms with van der Waals surface area (Å²) in [7, 11) is 0. The highest BCUT2D eigenvalue weighted by Crippen LogP contribution is 2.41. The van der Waals surface area contributed by atoms with E-state index in [0.29, 0.717) is 22.3 Å². The van der Waals surface area contributed by atoms with Crippen LogP contribution in [0.1, 0.15) is 0 Å². The Kier molecular flexibility index (Phi) is 3.35. The fourth-order valence-electron chi connectivity index (χ4n) is 1.70. The summed E-state index contributed by atoms with van der Waals surface area (Å²) in [6.45, 7) is 0. The molecule has 96 valence electrons. The Hall–Kier alpha value is -1.48. The smallest absolute Gasteiger partial charge is 0.188 e. The lowest BCUT2D eigenvalue weighted by molar-refractivity contribution is 0.484. The van der Waals surface area contributed by atoms with Crippen molar-refractivity contribution in [3.63, 3.8) is 0 Å². The Morgan fingerprint density at radius 1 is 1.28 bits per heavy atom.